The van der Waals surface area contributed by atoms with Crippen molar-refractivity contribution in [2.45, 2.75) is 32.1 Å². The maximum atomic E-state index is 12.4. The van der Waals surface area contributed by atoms with E-state index in [0.29, 0.717) is 12.0 Å². The van der Waals surface area contributed by atoms with E-state index in [2.05, 4.69) is 10.2 Å². The molecule has 4 rings (SSSR count). The fourth-order valence-electron chi connectivity index (χ4n) is 4.27. The van der Waals surface area contributed by atoms with Gasteiger partial charge in [-0.15, -0.1) is 0 Å². The van der Waals surface area contributed by atoms with Gasteiger partial charge in [0.25, 0.3) is 5.91 Å². The van der Waals surface area contributed by atoms with Crippen molar-refractivity contribution in [1.29, 1.82) is 0 Å². The Morgan fingerprint density at radius 1 is 1.21 bits per heavy atom. The quantitative estimate of drug-likeness (QED) is 0.854. The third-order valence-electron chi connectivity index (χ3n) is 5.75. The van der Waals surface area contributed by atoms with Crippen LogP contribution in [-0.4, -0.2) is 32.0 Å². The van der Waals surface area contributed by atoms with Crippen LogP contribution >= 0.6 is 0 Å². The SMILES string of the molecule is COc1cc(C2CC(=O)Nc3cc(N4CCCC4)c(C(N)=O)cc32)ccc1C. The van der Waals surface area contributed by atoms with E-state index in [9.17, 15) is 9.59 Å². The Hall–Kier alpha value is -3.02. The van der Waals surface area contributed by atoms with Crippen LogP contribution in [0.25, 0.3) is 0 Å². The summed E-state index contributed by atoms with van der Waals surface area (Å²) in [6, 6.07) is 9.76. The average Bonchev–Trinajstić information content (AvgIpc) is 3.21. The smallest absolute Gasteiger partial charge is 0.250 e. The Kier molecular flexibility index (Phi) is 4.71. The lowest BCUT2D eigenvalue weighted by Gasteiger charge is -2.30. The molecule has 0 spiro atoms. The van der Waals surface area contributed by atoms with Gasteiger partial charge in [0.15, 0.2) is 0 Å². The first-order chi connectivity index (χ1) is 13.5. The van der Waals surface area contributed by atoms with Crippen LogP contribution in [0.4, 0.5) is 11.4 Å². The van der Waals surface area contributed by atoms with Gasteiger partial charge in [-0.05, 0) is 54.7 Å². The molecule has 2 aliphatic heterocycles. The molecule has 0 radical (unpaired) electrons. The highest BCUT2D eigenvalue weighted by Gasteiger charge is 2.30. The van der Waals surface area contributed by atoms with E-state index < -0.39 is 5.91 Å². The molecular formula is C22H25N3O3. The standard InChI is InChI=1S/C22H25N3O3/c1-13-5-6-14(9-20(13)28-2)15-11-21(26)24-18-12-19(25-7-3-4-8-25)17(22(23)27)10-16(15)18/h5-6,9-10,12,15H,3-4,7-8,11H2,1-2H3,(H2,23,27)(H,24,26). The molecule has 6 nitrogen and oxygen atoms in total. The van der Waals surface area contributed by atoms with Crippen molar-refractivity contribution in [1.82, 2.24) is 0 Å². The maximum Gasteiger partial charge on any atom is 0.250 e. The van der Waals surface area contributed by atoms with E-state index in [1.807, 2.05) is 37.3 Å². The Balaban J connectivity index is 1.84. The normalized spacial score (nSPS) is 18.6. The number of rotatable bonds is 4. The number of primary amides is 1. The molecule has 3 N–H and O–H groups in total. The summed E-state index contributed by atoms with van der Waals surface area (Å²) in [5, 5.41) is 2.98. The van der Waals surface area contributed by atoms with Crippen molar-refractivity contribution >= 4 is 23.2 Å². The first-order valence-electron chi connectivity index (χ1n) is 9.65. The van der Waals surface area contributed by atoms with Crippen LogP contribution in [0.3, 0.4) is 0 Å². The van der Waals surface area contributed by atoms with Crippen LogP contribution in [-0.2, 0) is 4.79 Å². The van der Waals surface area contributed by atoms with E-state index in [0.717, 1.165) is 59.7 Å². The van der Waals surface area contributed by atoms with Crippen molar-refractivity contribution in [3.8, 4) is 5.75 Å². The van der Waals surface area contributed by atoms with Crippen molar-refractivity contribution < 1.29 is 14.3 Å². The summed E-state index contributed by atoms with van der Waals surface area (Å²) in [6.07, 6.45) is 2.50. The molecule has 2 amide bonds. The summed E-state index contributed by atoms with van der Waals surface area (Å²) in [7, 11) is 1.64. The Labute approximate surface area is 164 Å². The van der Waals surface area contributed by atoms with Crippen LogP contribution in [0.2, 0.25) is 0 Å². The fraction of sp³-hybridized carbons (Fsp3) is 0.364. The number of benzene rings is 2. The highest BCUT2D eigenvalue weighted by molar-refractivity contribution is 6.03. The number of nitrogens with two attached hydrogens (primary N) is 1. The monoisotopic (exact) mass is 379 g/mol. The largest absolute Gasteiger partial charge is 0.496 e. The van der Waals surface area contributed by atoms with Gasteiger partial charge >= 0.3 is 0 Å². The molecule has 2 heterocycles. The number of anilines is 2. The number of methoxy groups -OCH3 is 1. The molecule has 0 aliphatic carbocycles. The predicted molar refractivity (Wildman–Crippen MR) is 109 cm³/mol. The summed E-state index contributed by atoms with van der Waals surface area (Å²) in [6.45, 7) is 3.77. The lowest BCUT2D eigenvalue weighted by molar-refractivity contribution is -0.116. The highest BCUT2D eigenvalue weighted by atomic mass is 16.5. The van der Waals surface area contributed by atoms with Crippen molar-refractivity contribution in [3.63, 3.8) is 0 Å². The zero-order valence-corrected chi connectivity index (χ0v) is 16.2. The van der Waals surface area contributed by atoms with E-state index >= 15 is 0 Å². The molecule has 2 aromatic carbocycles. The van der Waals surface area contributed by atoms with Gasteiger partial charge < -0.3 is 20.7 Å². The maximum absolute atomic E-state index is 12.4. The van der Waals surface area contributed by atoms with E-state index in [4.69, 9.17) is 10.5 Å². The number of hydrogen-bond donors (Lipinski definition) is 2. The Morgan fingerprint density at radius 2 is 1.96 bits per heavy atom. The summed E-state index contributed by atoms with van der Waals surface area (Å²) < 4.78 is 5.46. The first-order valence-corrected chi connectivity index (χ1v) is 9.65. The summed E-state index contributed by atoms with van der Waals surface area (Å²) in [4.78, 5) is 26.8. The molecule has 0 saturated carbocycles. The molecule has 2 aromatic rings. The van der Waals surface area contributed by atoms with E-state index in [1.54, 1.807) is 7.11 Å². The minimum atomic E-state index is -0.443. The number of hydrogen-bond acceptors (Lipinski definition) is 4. The highest BCUT2D eigenvalue weighted by Crippen LogP contribution is 2.42. The number of aryl methyl sites for hydroxylation is 1. The molecule has 0 bridgehead atoms. The van der Waals surface area contributed by atoms with Gasteiger partial charge in [0.05, 0.1) is 18.4 Å². The minimum Gasteiger partial charge on any atom is -0.496 e. The third kappa shape index (κ3) is 3.19. The fourth-order valence-corrected chi connectivity index (χ4v) is 4.27. The molecule has 146 valence electrons. The first kappa shape index (κ1) is 18.3. The lowest BCUT2D eigenvalue weighted by atomic mass is 9.83. The molecule has 1 saturated heterocycles. The van der Waals surface area contributed by atoms with Gasteiger partial charge in [-0.25, -0.2) is 0 Å². The number of fused-ring (bicyclic) bond motifs is 1. The van der Waals surface area contributed by atoms with Crippen LogP contribution in [0, 0.1) is 6.92 Å². The van der Waals surface area contributed by atoms with Crippen LogP contribution in [0.5, 0.6) is 5.75 Å². The molecule has 1 unspecified atom stereocenters. The second-order valence-corrected chi connectivity index (χ2v) is 7.55. The van der Waals surface area contributed by atoms with Gasteiger partial charge in [-0.1, -0.05) is 12.1 Å². The van der Waals surface area contributed by atoms with Crippen LogP contribution in [0.15, 0.2) is 30.3 Å². The minimum absolute atomic E-state index is 0.0313. The van der Waals surface area contributed by atoms with Crippen LogP contribution < -0.4 is 20.7 Å². The third-order valence-corrected chi connectivity index (χ3v) is 5.75. The van der Waals surface area contributed by atoms with E-state index in [-0.39, 0.29) is 11.8 Å². The second kappa shape index (κ2) is 7.19. The number of nitrogens with zero attached hydrogens (tertiary/aromatic N) is 1. The molecule has 6 heteroatoms. The van der Waals surface area contributed by atoms with E-state index in [1.165, 1.54) is 0 Å². The summed E-state index contributed by atoms with van der Waals surface area (Å²) >= 11 is 0. The number of ether oxygens (including phenoxy) is 1. The number of carbonyl (C=O) groups excluding carboxylic acids is 2. The predicted octanol–water partition coefficient (Wildman–Crippen LogP) is 3.18. The Bertz CT molecular complexity index is 948. The van der Waals surface area contributed by atoms with Gasteiger partial charge in [-0.2, -0.15) is 0 Å². The topological polar surface area (TPSA) is 84.7 Å². The zero-order valence-electron chi connectivity index (χ0n) is 16.2. The summed E-state index contributed by atoms with van der Waals surface area (Å²) in [5.74, 6) is 0.163. The molecular weight excluding hydrogens is 354 g/mol. The van der Waals surface area contributed by atoms with Gasteiger partial charge in [-0.3, -0.25) is 9.59 Å². The molecule has 1 atom stereocenters. The zero-order chi connectivity index (χ0) is 19.8. The van der Waals surface area contributed by atoms with Gasteiger partial charge in [0.2, 0.25) is 5.91 Å². The molecule has 1 fully saturated rings. The second-order valence-electron chi connectivity index (χ2n) is 7.55. The molecule has 2 aliphatic rings. The number of carbonyl (C=O) groups is 2. The number of amides is 2. The van der Waals surface area contributed by atoms with Crippen LogP contribution in [0.1, 0.15) is 52.2 Å². The van der Waals surface area contributed by atoms with Crippen molar-refractivity contribution in [2.24, 2.45) is 5.73 Å². The van der Waals surface area contributed by atoms with Gasteiger partial charge in [0, 0.05) is 31.1 Å². The Morgan fingerprint density at radius 3 is 2.64 bits per heavy atom. The van der Waals surface area contributed by atoms with Crippen molar-refractivity contribution in [3.05, 3.63) is 52.6 Å². The van der Waals surface area contributed by atoms with Crippen molar-refractivity contribution in [2.75, 3.05) is 30.4 Å². The average molecular weight is 379 g/mol. The van der Waals surface area contributed by atoms with Gasteiger partial charge in [0.1, 0.15) is 5.75 Å². The lowest BCUT2D eigenvalue weighted by Crippen LogP contribution is -2.27. The molecule has 28 heavy (non-hydrogen) atoms. The summed E-state index contributed by atoms with van der Waals surface area (Å²) in [5.41, 5.74) is 10.7. The number of nitrogens with one attached hydrogen (secondary N) is 1. The molecule has 0 aromatic heterocycles.